The van der Waals surface area contributed by atoms with Crippen molar-refractivity contribution < 1.29 is 4.79 Å². The van der Waals surface area contributed by atoms with Gasteiger partial charge in [0.15, 0.2) is 0 Å². The first-order valence-corrected chi connectivity index (χ1v) is 6.68. The largest absolute Gasteiger partial charge is 0.338 e. The van der Waals surface area contributed by atoms with Gasteiger partial charge in [-0.2, -0.15) is 5.26 Å². The van der Waals surface area contributed by atoms with E-state index in [1.807, 2.05) is 17.0 Å². The van der Waals surface area contributed by atoms with E-state index in [-0.39, 0.29) is 5.91 Å². The van der Waals surface area contributed by atoms with Crippen LogP contribution in [0.25, 0.3) is 0 Å². The maximum Gasteiger partial charge on any atom is 0.222 e. The molecule has 0 spiro atoms. The van der Waals surface area contributed by atoms with Gasteiger partial charge in [0, 0.05) is 19.5 Å². The molecule has 102 valence electrons. The van der Waals surface area contributed by atoms with Gasteiger partial charge in [-0.3, -0.25) is 4.79 Å². The van der Waals surface area contributed by atoms with Crippen LogP contribution in [0, 0.1) is 11.3 Å². The number of hydrogen-bond acceptors (Lipinski definition) is 3. The van der Waals surface area contributed by atoms with Crippen LogP contribution in [0.4, 0.5) is 0 Å². The van der Waals surface area contributed by atoms with E-state index < -0.39 is 0 Å². The second-order valence-electron chi connectivity index (χ2n) is 4.52. The van der Waals surface area contributed by atoms with Crippen LogP contribution in [0.3, 0.4) is 0 Å². The molecule has 1 amide bonds. The number of carbonyl (C=O) groups excluding carboxylic acids is 1. The molecule has 0 aliphatic carbocycles. The Morgan fingerprint density at radius 3 is 2.58 bits per heavy atom. The lowest BCUT2D eigenvalue weighted by atomic mass is 10.1. The Labute approximate surface area is 114 Å². The van der Waals surface area contributed by atoms with E-state index in [4.69, 9.17) is 11.0 Å². The molecule has 1 rings (SSSR count). The lowest BCUT2D eigenvalue weighted by Gasteiger charge is -2.22. The summed E-state index contributed by atoms with van der Waals surface area (Å²) in [5.74, 6) is 0.150. The summed E-state index contributed by atoms with van der Waals surface area (Å²) in [7, 11) is 0. The summed E-state index contributed by atoms with van der Waals surface area (Å²) in [5.41, 5.74) is 7.12. The van der Waals surface area contributed by atoms with Gasteiger partial charge in [0.25, 0.3) is 0 Å². The minimum absolute atomic E-state index is 0.150. The highest BCUT2D eigenvalue weighted by molar-refractivity contribution is 5.76. The van der Waals surface area contributed by atoms with E-state index >= 15 is 0 Å². The van der Waals surface area contributed by atoms with E-state index in [0.29, 0.717) is 25.1 Å². The Bertz CT molecular complexity index is 434. The normalized spacial score (nSPS) is 9.95. The van der Waals surface area contributed by atoms with Crippen LogP contribution in [0.15, 0.2) is 24.3 Å². The minimum Gasteiger partial charge on any atom is -0.338 e. The molecule has 1 aromatic carbocycles. The SMILES string of the molecule is CCCN(Cc1ccc(C#N)cc1)C(=O)CCCN. The molecule has 0 unspecified atom stereocenters. The molecule has 0 atom stereocenters. The predicted molar refractivity (Wildman–Crippen MR) is 75.2 cm³/mol. The molecule has 2 N–H and O–H groups in total. The number of carbonyl (C=O) groups is 1. The fourth-order valence-corrected chi connectivity index (χ4v) is 1.88. The zero-order valence-electron chi connectivity index (χ0n) is 11.4. The van der Waals surface area contributed by atoms with Crippen LogP contribution in [0.1, 0.15) is 37.3 Å². The maximum absolute atomic E-state index is 12.0. The van der Waals surface area contributed by atoms with E-state index in [1.165, 1.54) is 0 Å². The summed E-state index contributed by atoms with van der Waals surface area (Å²) in [5, 5.41) is 8.75. The molecule has 19 heavy (non-hydrogen) atoms. The number of nitrogens with two attached hydrogens (primary N) is 1. The number of nitriles is 1. The minimum atomic E-state index is 0.150. The van der Waals surface area contributed by atoms with Crippen LogP contribution in [0.2, 0.25) is 0 Å². The second kappa shape index (κ2) is 8.28. The summed E-state index contributed by atoms with van der Waals surface area (Å²) in [6.07, 6.45) is 2.17. The molecular weight excluding hydrogens is 238 g/mol. The van der Waals surface area contributed by atoms with Gasteiger partial charge in [-0.1, -0.05) is 19.1 Å². The smallest absolute Gasteiger partial charge is 0.222 e. The van der Waals surface area contributed by atoms with Crippen molar-refractivity contribution in [2.24, 2.45) is 5.73 Å². The van der Waals surface area contributed by atoms with Crippen molar-refractivity contribution in [3.8, 4) is 6.07 Å². The molecule has 0 radical (unpaired) electrons. The first-order chi connectivity index (χ1) is 9.21. The second-order valence-corrected chi connectivity index (χ2v) is 4.52. The molecule has 0 fully saturated rings. The quantitative estimate of drug-likeness (QED) is 0.814. The highest BCUT2D eigenvalue weighted by atomic mass is 16.2. The topological polar surface area (TPSA) is 70.1 Å². The zero-order chi connectivity index (χ0) is 14.1. The third-order valence-electron chi connectivity index (χ3n) is 2.90. The maximum atomic E-state index is 12.0. The van der Waals surface area contributed by atoms with E-state index in [2.05, 4.69) is 13.0 Å². The van der Waals surface area contributed by atoms with Crippen molar-refractivity contribution in [1.82, 2.24) is 4.90 Å². The van der Waals surface area contributed by atoms with Crippen molar-refractivity contribution in [2.45, 2.75) is 32.7 Å². The summed E-state index contributed by atoms with van der Waals surface area (Å²) < 4.78 is 0. The van der Waals surface area contributed by atoms with Gasteiger partial charge >= 0.3 is 0 Å². The predicted octanol–water partition coefficient (Wildman–Crippen LogP) is 2.04. The Balaban J connectivity index is 2.66. The van der Waals surface area contributed by atoms with Gasteiger partial charge in [0.05, 0.1) is 11.6 Å². The van der Waals surface area contributed by atoms with Crippen LogP contribution >= 0.6 is 0 Å². The highest BCUT2D eigenvalue weighted by Gasteiger charge is 2.12. The number of nitrogens with zero attached hydrogens (tertiary/aromatic N) is 2. The average molecular weight is 259 g/mol. The standard InChI is InChI=1S/C15H21N3O/c1-2-10-18(15(19)4-3-9-16)12-14-7-5-13(11-17)6-8-14/h5-8H,2-4,9-10,12,16H2,1H3. The summed E-state index contributed by atoms with van der Waals surface area (Å²) in [6, 6.07) is 9.45. The van der Waals surface area contributed by atoms with Gasteiger partial charge < -0.3 is 10.6 Å². The molecule has 0 aliphatic rings. The third-order valence-corrected chi connectivity index (χ3v) is 2.90. The molecule has 0 heterocycles. The van der Waals surface area contributed by atoms with Gasteiger partial charge in [-0.25, -0.2) is 0 Å². The fourth-order valence-electron chi connectivity index (χ4n) is 1.88. The number of amides is 1. The van der Waals surface area contributed by atoms with Crippen LogP contribution < -0.4 is 5.73 Å². The van der Waals surface area contributed by atoms with Crippen molar-refractivity contribution in [2.75, 3.05) is 13.1 Å². The Hall–Kier alpha value is -1.86. The molecule has 0 bridgehead atoms. The first-order valence-electron chi connectivity index (χ1n) is 6.68. The van der Waals surface area contributed by atoms with Crippen LogP contribution in [-0.2, 0) is 11.3 Å². The first kappa shape index (κ1) is 15.2. The van der Waals surface area contributed by atoms with Gasteiger partial charge in [0.2, 0.25) is 5.91 Å². The van der Waals surface area contributed by atoms with Crippen molar-refractivity contribution in [3.05, 3.63) is 35.4 Å². The van der Waals surface area contributed by atoms with E-state index in [0.717, 1.165) is 24.9 Å². The third kappa shape index (κ3) is 5.11. The molecule has 0 aliphatic heterocycles. The number of benzene rings is 1. The van der Waals surface area contributed by atoms with E-state index in [9.17, 15) is 4.79 Å². The van der Waals surface area contributed by atoms with Gasteiger partial charge in [0.1, 0.15) is 0 Å². The lowest BCUT2D eigenvalue weighted by molar-refractivity contribution is -0.131. The van der Waals surface area contributed by atoms with Crippen LogP contribution in [-0.4, -0.2) is 23.9 Å². The number of rotatable bonds is 7. The molecule has 0 aromatic heterocycles. The average Bonchev–Trinajstić information content (AvgIpc) is 2.45. The van der Waals surface area contributed by atoms with Gasteiger partial charge in [-0.05, 0) is 37.1 Å². The van der Waals surface area contributed by atoms with Gasteiger partial charge in [-0.15, -0.1) is 0 Å². The zero-order valence-corrected chi connectivity index (χ0v) is 11.4. The summed E-state index contributed by atoms with van der Waals surface area (Å²) in [6.45, 7) is 3.96. The highest BCUT2D eigenvalue weighted by Crippen LogP contribution is 2.09. The molecule has 4 heteroatoms. The Morgan fingerprint density at radius 1 is 1.37 bits per heavy atom. The lowest BCUT2D eigenvalue weighted by Crippen LogP contribution is -2.31. The Kier molecular flexibility index (Phi) is 6.62. The molecular formula is C15H21N3O. The summed E-state index contributed by atoms with van der Waals surface area (Å²) in [4.78, 5) is 13.9. The van der Waals surface area contributed by atoms with Crippen LogP contribution in [0.5, 0.6) is 0 Å². The molecule has 0 saturated carbocycles. The van der Waals surface area contributed by atoms with Crippen molar-refractivity contribution >= 4 is 5.91 Å². The van der Waals surface area contributed by atoms with Crippen molar-refractivity contribution in [3.63, 3.8) is 0 Å². The summed E-state index contributed by atoms with van der Waals surface area (Å²) >= 11 is 0. The molecule has 0 saturated heterocycles. The fraction of sp³-hybridized carbons (Fsp3) is 0.467. The molecule has 4 nitrogen and oxygen atoms in total. The van der Waals surface area contributed by atoms with E-state index in [1.54, 1.807) is 12.1 Å². The number of hydrogen-bond donors (Lipinski definition) is 1. The molecule has 1 aromatic rings. The monoisotopic (exact) mass is 259 g/mol. The van der Waals surface area contributed by atoms with Crippen molar-refractivity contribution in [1.29, 1.82) is 5.26 Å². The Morgan fingerprint density at radius 2 is 2.05 bits per heavy atom.